The molecule has 5 nitrogen and oxygen atoms in total. The van der Waals surface area contributed by atoms with E-state index in [9.17, 15) is 5.21 Å². The van der Waals surface area contributed by atoms with Gasteiger partial charge < -0.3 is 5.21 Å². The lowest BCUT2D eigenvalue weighted by molar-refractivity contribution is -0.746. The fourth-order valence-electron chi connectivity index (χ4n) is 1.19. The van der Waals surface area contributed by atoms with Crippen molar-refractivity contribution in [3.63, 3.8) is 0 Å². The molecule has 0 N–H and O–H groups in total. The van der Waals surface area contributed by atoms with Crippen molar-refractivity contribution in [2.45, 2.75) is 13.5 Å². The molecule has 0 unspecified atom stereocenters. The van der Waals surface area contributed by atoms with E-state index in [1.54, 1.807) is 18.5 Å². The number of hydrogen-bond acceptors (Lipinski definition) is 3. The zero-order valence-electron chi connectivity index (χ0n) is 6.64. The Morgan fingerprint density at radius 1 is 1.67 bits per heavy atom. The van der Waals surface area contributed by atoms with Gasteiger partial charge in [-0.05, 0) is 13.0 Å². The standard InChI is InChI=1S/C7H8N4O/c1-2-10-7-5-8-4-3-6(7)9-11(10)12/h3-5H,2H2,1H3. The topological polar surface area (TPSA) is 57.7 Å². The van der Waals surface area contributed by atoms with Gasteiger partial charge in [-0.2, -0.15) is 0 Å². The Kier molecular flexibility index (Phi) is 1.43. The van der Waals surface area contributed by atoms with Crippen LogP contribution in [0.4, 0.5) is 0 Å². The van der Waals surface area contributed by atoms with Gasteiger partial charge >= 0.3 is 0 Å². The van der Waals surface area contributed by atoms with Gasteiger partial charge in [-0.15, -0.1) is 4.68 Å². The summed E-state index contributed by atoms with van der Waals surface area (Å²) in [7, 11) is 0. The van der Waals surface area contributed by atoms with Crippen LogP contribution >= 0.6 is 0 Å². The fraction of sp³-hybridized carbons (Fsp3) is 0.286. The molecule has 2 heterocycles. The molecule has 0 aliphatic carbocycles. The summed E-state index contributed by atoms with van der Waals surface area (Å²) in [6.45, 7) is 2.49. The van der Waals surface area contributed by atoms with Gasteiger partial charge in [0.1, 0.15) is 0 Å². The van der Waals surface area contributed by atoms with E-state index in [1.165, 1.54) is 4.68 Å². The van der Waals surface area contributed by atoms with Crippen molar-refractivity contribution in [1.29, 1.82) is 0 Å². The molecule has 0 saturated carbocycles. The van der Waals surface area contributed by atoms with Crippen molar-refractivity contribution >= 4 is 11.0 Å². The molecule has 0 saturated heterocycles. The molecule has 0 aromatic carbocycles. The van der Waals surface area contributed by atoms with Gasteiger partial charge in [0.15, 0.2) is 11.0 Å². The molecule has 2 rings (SSSR count). The molecule has 0 aliphatic heterocycles. The summed E-state index contributed by atoms with van der Waals surface area (Å²) < 4.78 is 1.52. The van der Waals surface area contributed by atoms with Crippen LogP contribution in [0.1, 0.15) is 6.92 Å². The number of nitrogens with zero attached hydrogens (tertiary/aromatic N) is 4. The Labute approximate surface area is 68.8 Å². The van der Waals surface area contributed by atoms with Crippen LogP contribution in [0, 0.1) is 5.21 Å². The average molecular weight is 164 g/mol. The first-order valence-corrected chi connectivity index (χ1v) is 3.73. The second-order valence-corrected chi connectivity index (χ2v) is 2.43. The fourth-order valence-corrected chi connectivity index (χ4v) is 1.19. The first-order chi connectivity index (χ1) is 5.83. The third kappa shape index (κ3) is 0.827. The number of rotatable bonds is 1. The molecule has 2 aromatic heterocycles. The number of aryl methyl sites for hydroxylation is 1. The first kappa shape index (κ1) is 7.02. The molecule has 0 amide bonds. The van der Waals surface area contributed by atoms with E-state index >= 15 is 0 Å². The molecule has 12 heavy (non-hydrogen) atoms. The summed E-state index contributed by atoms with van der Waals surface area (Å²) in [6.07, 6.45) is 3.26. The maximum Gasteiger partial charge on any atom is 0.167 e. The summed E-state index contributed by atoms with van der Waals surface area (Å²) in [5.41, 5.74) is 1.46. The largest absolute Gasteiger partial charge is 0.571 e. The van der Waals surface area contributed by atoms with Crippen LogP contribution in [0.25, 0.3) is 11.0 Å². The summed E-state index contributed by atoms with van der Waals surface area (Å²) in [5, 5.41) is 14.9. The molecule has 62 valence electrons. The lowest BCUT2D eigenvalue weighted by atomic mass is 10.4. The van der Waals surface area contributed by atoms with Crippen molar-refractivity contribution in [1.82, 2.24) is 14.8 Å². The third-order valence-electron chi connectivity index (χ3n) is 1.76. The highest BCUT2D eigenvalue weighted by atomic mass is 16.5. The lowest BCUT2D eigenvalue weighted by Crippen LogP contribution is -2.39. The molecule has 0 atom stereocenters. The maximum absolute atomic E-state index is 11.1. The van der Waals surface area contributed by atoms with Gasteiger partial charge in [0.2, 0.25) is 0 Å². The van der Waals surface area contributed by atoms with Gasteiger partial charge in [-0.25, -0.2) is 0 Å². The molecule has 0 bridgehead atoms. The second-order valence-electron chi connectivity index (χ2n) is 2.43. The first-order valence-electron chi connectivity index (χ1n) is 3.73. The van der Waals surface area contributed by atoms with Crippen LogP contribution in [-0.2, 0) is 6.54 Å². The molecular formula is C7H8N4O. The van der Waals surface area contributed by atoms with Gasteiger partial charge in [0, 0.05) is 16.3 Å². The Bertz CT molecular complexity index is 409. The van der Waals surface area contributed by atoms with Crippen molar-refractivity contribution in [3.05, 3.63) is 23.7 Å². The van der Waals surface area contributed by atoms with Gasteiger partial charge in [-0.1, -0.05) is 0 Å². The number of pyridine rings is 1. The van der Waals surface area contributed by atoms with Crippen LogP contribution in [0.3, 0.4) is 0 Å². The van der Waals surface area contributed by atoms with Crippen molar-refractivity contribution in [3.8, 4) is 0 Å². The van der Waals surface area contributed by atoms with Crippen LogP contribution in [0.5, 0.6) is 0 Å². The zero-order valence-corrected chi connectivity index (χ0v) is 6.64. The summed E-state index contributed by atoms with van der Waals surface area (Å²) in [5.74, 6) is 0. The zero-order chi connectivity index (χ0) is 8.55. The minimum atomic E-state index is 0.590. The molecule has 0 radical (unpaired) electrons. The van der Waals surface area contributed by atoms with Crippen molar-refractivity contribution < 1.29 is 4.96 Å². The minimum Gasteiger partial charge on any atom is -0.571 e. The highest BCUT2D eigenvalue weighted by molar-refractivity contribution is 5.71. The number of aromatic nitrogens is 4. The van der Waals surface area contributed by atoms with E-state index in [0.717, 1.165) is 5.52 Å². The van der Waals surface area contributed by atoms with Gasteiger partial charge in [0.05, 0.1) is 12.7 Å². The van der Waals surface area contributed by atoms with E-state index in [-0.39, 0.29) is 0 Å². The predicted molar refractivity (Wildman–Crippen MR) is 42.2 cm³/mol. The number of fused-ring (bicyclic) bond motifs is 1. The van der Waals surface area contributed by atoms with Crippen LogP contribution in [-0.4, -0.2) is 14.8 Å². The van der Waals surface area contributed by atoms with Crippen LogP contribution in [0.2, 0.25) is 0 Å². The average Bonchev–Trinajstić information content (AvgIpc) is 2.40. The van der Waals surface area contributed by atoms with Crippen molar-refractivity contribution in [2.24, 2.45) is 0 Å². The molecular weight excluding hydrogens is 156 g/mol. The monoisotopic (exact) mass is 164 g/mol. The Morgan fingerprint density at radius 3 is 3.25 bits per heavy atom. The van der Waals surface area contributed by atoms with Gasteiger partial charge in [-0.3, -0.25) is 4.98 Å². The van der Waals surface area contributed by atoms with Gasteiger partial charge in [0.25, 0.3) is 0 Å². The summed E-state index contributed by atoms with van der Waals surface area (Å²) in [6, 6.07) is 1.72. The summed E-state index contributed by atoms with van der Waals surface area (Å²) in [4.78, 5) is 4.51. The Morgan fingerprint density at radius 2 is 2.50 bits per heavy atom. The quantitative estimate of drug-likeness (QED) is 0.443. The predicted octanol–water partition coefficient (Wildman–Crippen LogP) is 0.0846. The maximum atomic E-state index is 11.1. The highest BCUT2D eigenvalue weighted by Gasteiger charge is 2.10. The highest BCUT2D eigenvalue weighted by Crippen LogP contribution is 2.05. The van der Waals surface area contributed by atoms with E-state index < -0.39 is 0 Å². The van der Waals surface area contributed by atoms with Crippen LogP contribution in [0.15, 0.2) is 18.5 Å². The normalized spacial score (nSPS) is 10.8. The molecule has 0 spiro atoms. The van der Waals surface area contributed by atoms with E-state index in [1.807, 2.05) is 6.92 Å². The molecule has 5 heteroatoms. The Balaban J connectivity index is 2.81. The van der Waals surface area contributed by atoms with Crippen LogP contribution < -0.4 is 4.96 Å². The SMILES string of the molecule is CCn1c2cnccc2n[n+]1[O-]. The Hall–Kier alpha value is -1.65. The molecule has 2 aromatic rings. The lowest BCUT2D eigenvalue weighted by Gasteiger charge is -1.94. The second kappa shape index (κ2) is 2.44. The van der Waals surface area contributed by atoms with E-state index in [0.29, 0.717) is 17.0 Å². The number of hydrogen-bond donors (Lipinski definition) is 0. The molecule has 0 aliphatic rings. The van der Waals surface area contributed by atoms with E-state index in [4.69, 9.17) is 0 Å². The minimum absolute atomic E-state index is 0.590. The van der Waals surface area contributed by atoms with E-state index in [2.05, 4.69) is 10.1 Å². The third-order valence-corrected chi connectivity index (χ3v) is 1.76. The van der Waals surface area contributed by atoms with Crippen molar-refractivity contribution in [2.75, 3.05) is 0 Å². The summed E-state index contributed by atoms with van der Waals surface area (Å²) >= 11 is 0. The molecule has 0 fully saturated rings. The smallest absolute Gasteiger partial charge is 0.167 e.